The summed E-state index contributed by atoms with van der Waals surface area (Å²) in [5, 5.41) is 11.5. The first-order chi connectivity index (χ1) is 12.2. The lowest BCUT2D eigenvalue weighted by molar-refractivity contribution is -0.000366. The molecule has 0 amide bonds. The Morgan fingerprint density at radius 3 is 3.04 bits per heavy atom. The molecule has 3 aromatic rings. The normalized spacial score (nSPS) is 17.8. The lowest BCUT2D eigenvalue weighted by atomic mass is 10.1. The van der Waals surface area contributed by atoms with Crippen LogP contribution in [0.25, 0.3) is 22.2 Å². The van der Waals surface area contributed by atoms with E-state index in [0.717, 1.165) is 46.6 Å². The van der Waals surface area contributed by atoms with E-state index in [4.69, 9.17) is 14.5 Å². The molecule has 0 bridgehead atoms. The molecule has 1 atom stereocenters. The van der Waals surface area contributed by atoms with Gasteiger partial charge in [-0.1, -0.05) is 0 Å². The molecule has 1 aliphatic heterocycles. The van der Waals surface area contributed by atoms with Gasteiger partial charge in [-0.2, -0.15) is 5.10 Å². The Morgan fingerprint density at radius 2 is 2.28 bits per heavy atom. The molecule has 0 aromatic carbocycles. The van der Waals surface area contributed by atoms with Crippen molar-refractivity contribution in [2.75, 3.05) is 26.3 Å². The molecule has 1 fully saturated rings. The van der Waals surface area contributed by atoms with Crippen molar-refractivity contribution in [2.45, 2.75) is 20.0 Å². The van der Waals surface area contributed by atoms with Crippen LogP contribution in [0, 0.1) is 13.8 Å². The van der Waals surface area contributed by atoms with Gasteiger partial charge in [-0.3, -0.25) is 10.1 Å². The minimum absolute atomic E-state index is 0.0309. The standard InChI is InChI=1S/C18H21N5O2/c1-11-17(12(2)23-22-11)16-8-15-14(4-3-5-20-15)18(21-16)25-10-13-9-19-6-7-24-13/h3-5,8,13,19H,6-7,9-10H2,1-2H3,(H,22,23)/t13-/m0/s1. The monoisotopic (exact) mass is 339 g/mol. The van der Waals surface area contributed by atoms with E-state index in [1.54, 1.807) is 6.20 Å². The second-order valence-electron chi connectivity index (χ2n) is 6.20. The summed E-state index contributed by atoms with van der Waals surface area (Å²) >= 11 is 0. The van der Waals surface area contributed by atoms with Crippen LogP contribution in [-0.2, 0) is 4.74 Å². The molecule has 4 heterocycles. The minimum Gasteiger partial charge on any atom is -0.474 e. The number of nitrogens with one attached hydrogen (secondary N) is 2. The zero-order valence-electron chi connectivity index (χ0n) is 14.4. The van der Waals surface area contributed by atoms with Gasteiger partial charge in [-0.25, -0.2) is 4.98 Å². The summed E-state index contributed by atoms with van der Waals surface area (Å²) in [7, 11) is 0. The Labute approximate surface area is 145 Å². The first-order valence-electron chi connectivity index (χ1n) is 8.45. The van der Waals surface area contributed by atoms with Gasteiger partial charge in [-0.15, -0.1) is 0 Å². The summed E-state index contributed by atoms with van der Waals surface area (Å²) in [6.07, 6.45) is 1.81. The number of nitrogens with zero attached hydrogens (tertiary/aromatic N) is 3. The van der Waals surface area contributed by atoms with E-state index in [9.17, 15) is 0 Å². The minimum atomic E-state index is 0.0309. The van der Waals surface area contributed by atoms with E-state index in [2.05, 4.69) is 20.5 Å². The van der Waals surface area contributed by atoms with Gasteiger partial charge >= 0.3 is 0 Å². The molecule has 4 rings (SSSR count). The number of ether oxygens (including phenoxy) is 2. The lowest BCUT2D eigenvalue weighted by Gasteiger charge is -2.23. The van der Waals surface area contributed by atoms with Crippen LogP contribution in [0.1, 0.15) is 11.4 Å². The Balaban J connectivity index is 1.71. The van der Waals surface area contributed by atoms with Crippen molar-refractivity contribution in [2.24, 2.45) is 0 Å². The van der Waals surface area contributed by atoms with E-state index in [1.165, 1.54) is 0 Å². The highest BCUT2D eigenvalue weighted by Gasteiger charge is 2.18. The maximum absolute atomic E-state index is 6.03. The van der Waals surface area contributed by atoms with Gasteiger partial charge in [0, 0.05) is 30.5 Å². The fourth-order valence-electron chi connectivity index (χ4n) is 3.11. The second kappa shape index (κ2) is 6.78. The fourth-order valence-corrected chi connectivity index (χ4v) is 3.11. The third kappa shape index (κ3) is 3.20. The van der Waals surface area contributed by atoms with Gasteiger partial charge in [0.05, 0.1) is 28.9 Å². The lowest BCUT2D eigenvalue weighted by Crippen LogP contribution is -2.41. The molecule has 1 aliphatic rings. The average Bonchev–Trinajstić information content (AvgIpc) is 2.99. The Morgan fingerprint density at radius 1 is 1.36 bits per heavy atom. The first-order valence-corrected chi connectivity index (χ1v) is 8.45. The predicted molar refractivity (Wildman–Crippen MR) is 94.7 cm³/mol. The Bertz CT molecular complexity index is 867. The van der Waals surface area contributed by atoms with Crippen LogP contribution in [0.3, 0.4) is 0 Å². The van der Waals surface area contributed by atoms with Gasteiger partial charge in [0.25, 0.3) is 0 Å². The van der Waals surface area contributed by atoms with Gasteiger partial charge in [-0.05, 0) is 32.0 Å². The molecule has 130 valence electrons. The summed E-state index contributed by atoms with van der Waals surface area (Å²) in [6, 6.07) is 5.85. The number of pyridine rings is 2. The zero-order chi connectivity index (χ0) is 17.2. The topological polar surface area (TPSA) is 85.0 Å². The number of H-pyrrole nitrogens is 1. The number of fused-ring (bicyclic) bond motifs is 1. The van der Waals surface area contributed by atoms with E-state index >= 15 is 0 Å². The second-order valence-corrected chi connectivity index (χ2v) is 6.20. The zero-order valence-corrected chi connectivity index (χ0v) is 14.4. The Kier molecular flexibility index (Phi) is 4.33. The van der Waals surface area contributed by atoms with E-state index in [1.807, 2.05) is 32.0 Å². The van der Waals surface area contributed by atoms with E-state index in [-0.39, 0.29) is 6.10 Å². The number of hydrogen-bond acceptors (Lipinski definition) is 6. The first kappa shape index (κ1) is 16.0. The largest absolute Gasteiger partial charge is 0.474 e. The van der Waals surface area contributed by atoms with Crippen LogP contribution >= 0.6 is 0 Å². The maximum atomic E-state index is 6.03. The highest BCUT2D eigenvalue weighted by molar-refractivity contribution is 5.87. The number of rotatable bonds is 4. The van der Waals surface area contributed by atoms with Crippen LogP contribution in [-0.4, -0.2) is 52.6 Å². The van der Waals surface area contributed by atoms with Crippen molar-refractivity contribution in [3.05, 3.63) is 35.8 Å². The molecule has 7 heteroatoms. The van der Waals surface area contributed by atoms with Gasteiger partial charge in [0.1, 0.15) is 12.7 Å². The quantitative estimate of drug-likeness (QED) is 0.756. The number of aryl methyl sites for hydroxylation is 2. The summed E-state index contributed by atoms with van der Waals surface area (Å²) in [6.45, 7) is 6.78. The summed E-state index contributed by atoms with van der Waals surface area (Å²) in [5.41, 5.74) is 4.54. The smallest absolute Gasteiger partial charge is 0.223 e. The third-order valence-electron chi connectivity index (χ3n) is 4.36. The van der Waals surface area contributed by atoms with Crippen molar-refractivity contribution in [3.63, 3.8) is 0 Å². The average molecular weight is 339 g/mol. The molecule has 0 aliphatic carbocycles. The van der Waals surface area contributed by atoms with Crippen molar-refractivity contribution in [3.8, 4) is 17.1 Å². The SMILES string of the molecule is Cc1n[nH]c(C)c1-c1cc2ncccc2c(OC[C@@H]2CNCCO2)n1. The van der Waals surface area contributed by atoms with Crippen LogP contribution in [0.5, 0.6) is 5.88 Å². The van der Waals surface area contributed by atoms with Gasteiger partial charge < -0.3 is 14.8 Å². The van der Waals surface area contributed by atoms with Crippen molar-refractivity contribution >= 4 is 10.9 Å². The molecule has 2 N–H and O–H groups in total. The predicted octanol–water partition coefficient (Wildman–Crippen LogP) is 2.00. The van der Waals surface area contributed by atoms with Crippen molar-refractivity contribution < 1.29 is 9.47 Å². The third-order valence-corrected chi connectivity index (χ3v) is 4.36. The molecule has 7 nitrogen and oxygen atoms in total. The van der Waals surface area contributed by atoms with Gasteiger partial charge in [0.2, 0.25) is 5.88 Å². The number of hydrogen-bond donors (Lipinski definition) is 2. The summed E-state index contributed by atoms with van der Waals surface area (Å²) < 4.78 is 11.7. The molecule has 0 spiro atoms. The van der Waals surface area contributed by atoms with E-state index in [0.29, 0.717) is 19.1 Å². The van der Waals surface area contributed by atoms with Gasteiger partial charge in [0.15, 0.2) is 0 Å². The van der Waals surface area contributed by atoms with Crippen LogP contribution in [0.4, 0.5) is 0 Å². The van der Waals surface area contributed by atoms with Crippen LogP contribution in [0.15, 0.2) is 24.4 Å². The number of morpholine rings is 1. The fraction of sp³-hybridized carbons (Fsp3) is 0.389. The van der Waals surface area contributed by atoms with Crippen LogP contribution < -0.4 is 10.1 Å². The molecule has 1 saturated heterocycles. The molecular formula is C18H21N5O2. The molecule has 0 unspecified atom stereocenters. The number of aromatic nitrogens is 4. The molecule has 0 radical (unpaired) electrons. The summed E-state index contributed by atoms with van der Waals surface area (Å²) in [4.78, 5) is 9.22. The summed E-state index contributed by atoms with van der Waals surface area (Å²) in [5.74, 6) is 0.578. The van der Waals surface area contributed by atoms with Crippen molar-refractivity contribution in [1.82, 2.24) is 25.5 Å². The maximum Gasteiger partial charge on any atom is 0.223 e. The highest BCUT2D eigenvalue weighted by atomic mass is 16.5. The van der Waals surface area contributed by atoms with Crippen molar-refractivity contribution in [1.29, 1.82) is 0 Å². The molecular weight excluding hydrogens is 318 g/mol. The molecule has 3 aromatic heterocycles. The van der Waals surface area contributed by atoms with E-state index < -0.39 is 0 Å². The highest BCUT2D eigenvalue weighted by Crippen LogP contribution is 2.30. The molecule has 25 heavy (non-hydrogen) atoms. The Hall–Kier alpha value is -2.51. The van der Waals surface area contributed by atoms with Crippen LogP contribution in [0.2, 0.25) is 0 Å². The molecule has 0 saturated carbocycles. The number of aromatic amines is 1.